The number of rotatable bonds is 8. The van der Waals surface area contributed by atoms with Gasteiger partial charge < -0.3 is 10.3 Å². The summed E-state index contributed by atoms with van der Waals surface area (Å²) in [6.45, 7) is 2.09. The highest BCUT2D eigenvalue weighted by Gasteiger charge is 2.19. The molecule has 0 saturated carbocycles. The minimum Gasteiger partial charge on any atom is -0.346 e. The van der Waals surface area contributed by atoms with Crippen LogP contribution in [0.5, 0.6) is 0 Å². The molecular weight excluding hydrogens is 342 g/mol. The van der Waals surface area contributed by atoms with E-state index in [2.05, 4.69) is 40.6 Å². The molecule has 0 aliphatic heterocycles. The second-order valence-electron chi connectivity index (χ2n) is 6.56. The highest BCUT2D eigenvalue weighted by atomic mass is 32.2. The van der Waals surface area contributed by atoms with Crippen molar-refractivity contribution in [1.82, 2.24) is 15.3 Å². The summed E-state index contributed by atoms with van der Waals surface area (Å²) in [4.78, 5) is 20.7. The Hall–Kier alpha value is -2.27. The summed E-state index contributed by atoms with van der Waals surface area (Å²) >= 11 is 1.78. The van der Waals surface area contributed by atoms with Gasteiger partial charge >= 0.3 is 0 Å². The fourth-order valence-electron chi connectivity index (χ4n) is 3.08. The van der Waals surface area contributed by atoms with Crippen LogP contribution >= 0.6 is 11.8 Å². The molecule has 26 heavy (non-hydrogen) atoms. The van der Waals surface area contributed by atoms with Crippen molar-refractivity contribution in [2.45, 2.75) is 31.7 Å². The lowest BCUT2D eigenvalue weighted by molar-refractivity contribution is -0.122. The number of hydrogen-bond donors (Lipinski definition) is 2. The number of carbonyl (C=O) groups is 1. The summed E-state index contributed by atoms with van der Waals surface area (Å²) in [5, 5.41) is 3.18. The number of hydrogen-bond acceptors (Lipinski definition) is 3. The number of fused-ring (bicyclic) bond motifs is 1. The predicted molar refractivity (Wildman–Crippen MR) is 109 cm³/mol. The summed E-state index contributed by atoms with van der Waals surface area (Å²) in [6, 6.07) is 18.0. The van der Waals surface area contributed by atoms with E-state index in [1.807, 2.05) is 42.5 Å². The lowest BCUT2D eigenvalue weighted by Gasteiger charge is -2.18. The molecule has 0 fully saturated rings. The molecule has 0 bridgehead atoms. The van der Waals surface area contributed by atoms with Gasteiger partial charge in [-0.25, -0.2) is 4.98 Å². The summed E-state index contributed by atoms with van der Waals surface area (Å²) < 4.78 is 0. The maximum atomic E-state index is 12.6. The molecule has 4 nitrogen and oxygen atoms in total. The number of aromatic nitrogens is 2. The molecule has 3 aromatic rings. The van der Waals surface area contributed by atoms with Crippen LogP contribution in [-0.2, 0) is 4.79 Å². The average molecular weight is 368 g/mol. The Morgan fingerprint density at radius 1 is 1.15 bits per heavy atom. The molecule has 3 rings (SSSR count). The minimum absolute atomic E-state index is 0.0629. The Labute approximate surface area is 158 Å². The second kappa shape index (κ2) is 8.90. The van der Waals surface area contributed by atoms with Crippen LogP contribution in [0.15, 0.2) is 54.6 Å². The fraction of sp³-hybridized carbons (Fsp3) is 0.333. The number of benzene rings is 2. The van der Waals surface area contributed by atoms with Gasteiger partial charge in [-0.1, -0.05) is 49.4 Å². The van der Waals surface area contributed by atoms with E-state index in [1.165, 1.54) is 5.56 Å². The molecule has 0 saturated heterocycles. The maximum Gasteiger partial charge on any atom is 0.221 e. The minimum atomic E-state index is -0.0923. The fourth-order valence-corrected chi connectivity index (χ4v) is 3.55. The van der Waals surface area contributed by atoms with Gasteiger partial charge in [-0.2, -0.15) is 11.8 Å². The van der Waals surface area contributed by atoms with E-state index in [1.54, 1.807) is 11.8 Å². The van der Waals surface area contributed by atoms with E-state index in [0.29, 0.717) is 6.42 Å². The number of imidazole rings is 1. The zero-order chi connectivity index (χ0) is 18.4. The normalized spacial score (nSPS) is 13.5. The van der Waals surface area contributed by atoms with E-state index in [-0.39, 0.29) is 17.9 Å². The molecule has 136 valence electrons. The van der Waals surface area contributed by atoms with Crippen LogP contribution in [0.2, 0.25) is 0 Å². The molecular formula is C21H25N3OS. The van der Waals surface area contributed by atoms with Crippen molar-refractivity contribution in [3.8, 4) is 0 Å². The average Bonchev–Trinajstić information content (AvgIpc) is 3.09. The monoisotopic (exact) mass is 367 g/mol. The first-order chi connectivity index (χ1) is 12.7. The number of nitrogens with one attached hydrogen (secondary N) is 2. The van der Waals surface area contributed by atoms with Crippen LogP contribution in [0.1, 0.15) is 43.1 Å². The van der Waals surface area contributed by atoms with E-state index in [0.717, 1.165) is 29.0 Å². The summed E-state index contributed by atoms with van der Waals surface area (Å²) in [6.07, 6.45) is 3.40. The van der Waals surface area contributed by atoms with E-state index in [4.69, 9.17) is 0 Å². The largest absolute Gasteiger partial charge is 0.346 e. The first kappa shape index (κ1) is 18.5. The van der Waals surface area contributed by atoms with Crippen molar-refractivity contribution in [1.29, 1.82) is 0 Å². The quantitative estimate of drug-likeness (QED) is 0.608. The number of nitrogens with zero attached hydrogens (tertiary/aromatic N) is 1. The maximum absolute atomic E-state index is 12.6. The van der Waals surface area contributed by atoms with Crippen molar-refractivity contribution in [3.05, 3.63) is 66.0 Å². The van der Waals surface area contributed by atoms with Gasteiger partial charge in [-0.3, -0.25) is 4.79 Å². The van der Waals surface area contributed by atoms with Gasteiger partial charge in [0.15, 0.2) is 0 Å². The van der Waals surface area contributed by atoms with Crippen LogP contribution < -0.4 is 5.32 Å². The molecule has 2 aromatic carbocycles. The molecule has 5 heteroatoms. The zero-order valence-corrected chi connectivity index (χ0v) is 16.1. The highest BCUT2D eigenvalue weighted by Crippen LogP contribution is 2.22. The summed E-state index contributed by atoms with van der Waals surface area (Å²) in [5.74, 6) is 2.05. The smallest absolute Gasteiger partial charge is 0.221 e. The molecule has 0 unspecified atom stereocenters. The van der Waals surface area contributed by atoms with Gasteiger partial charge in [-0.05, 0) is 42.0 Å². The molecule has 0 aliphatic carbocycles. The van der Waals surface area contributed by atoms with Crippen molar-refractivity contribution in [3.63, 3.8) is 0 Å². The first-order valence-corrected chi connectivity index (χ1v) is 10.3. The van der Waals surface area contributed by atoms with Gasteiger partial charge in [0.05, 0.1) is 17.1 Å². The lowest BCUT2D eigenvalue weighted by Crippen LogP contribution is -2.30. The van der Waals surface area contributed by atoms with E-state index >= 15 is 0 Å². The van der Waals surface area contributed by atoms with Gasteiger partial charge in [0.1, 0.15) is 5.82 Å². The van der Waals surface area contributed by atoms with Crippen molar-refractivity contribution in [2.75, 3.05) is 12.0 Å². The van der Waals surface area contributed by atoms with Gasteiger partial charge in [0, 0.05) is 6.42 Å². The molecule has 0 radical (unpaired) electrons. The molecule has 1 aromatic heterocycles. The third-order valence-corrected chi connectivity index (χ3v) is 5.19. The van der Waals surface area contributed by atoms with Gasteiger partial charge in [-0.15, -0.1) is 0 Å². The number of amides is 1. The molecule has 0 aliphatic rings. The number of carbonyl (C=O) groups excluding carboxylic acids is 1. The number of thioether (sulfide) groups is 1. The van der Waals surface area contributed by atoms with Crippen LogP contribution in [0.3, 0.4) is 0 Å². The third-order valence-electron chi connectivity index (χ3n) is 4.54. The number of aromatic amines is 1. The topological polar surface area (TPSA) is 57.8 Å². The Balaban J connectivity index is 1.70. The van der Waals surface area contributed by atoms with Crippen LogP contribution in [0.4, 0.5) is 0 Å². The highest BCUT2D eigenvalue weighted by molar-refractivity contribution is 7.98. The predicted octanol–water partition coefficient (Wildman–Crippen LogP) is 4.67. The van der Waals surface area contributed by atoms with Crippen LogP contribution in [0, 0.1) is 0 Å². The van der Waals surface area contributed by atoms with Crippen molar-refractivity contribution in [2.24, 2.45) is 0 Å². The number of para-hydroxylation sites is 2. The Morgan fingerprint density at radius 2 is 1.88 bits per heavy atom. The standard InChI is InChI=1S/C21H25N3OS/c1-15(16-8-4-3-5-9-16)14-20(25)22-19(12-13-26-2)21-23-17-10-6-7-11-18(17)24-21/h3-11,15,19H,12-14H2,1-2H3,(H,22,25)(H,23,24)/t15-,19-/m0/s1. The SMILES string of the molecule is CSCC[C@H](NC(=O)C[C@H](C)c1ccccc1)c1nc2ccccc2[nH]1. The Bertz CT molecular complexity index is 814. The summed E-state index contributed by atoms with van der Waals surface area (Å²) in [7, 11) is 0. The first-order valence-electron chi connectivity index (χ1n) is 8.95. The van der Waals surface area contributed by atoms with Crippen LogP contribution in [-0.4, -0.2) is 27.9 Å². The zero-order valence-electron chi connectivity index (χ0n) is 15.2. The van der Waals surface area contributed by atoms with Crippen molar-refractivity contribution < 1.29 is 4.79 Å². The van der Waals surface area contributed by atoms with E-state index < -0.39 is 0 Å². The van der Waals surface area contributed by atoms with Crippen molar-refractivity contribution >= 4 is 28.7 Å². The Kier molecular flexibility index (Phi) is 6.34. The molecule has 1 heterocycles. The van der Waals surface area contributed by atoms with Crippen LogP contribution in [0.25, 0.3) is 11.0 Å². The molecule has 0 spiro atoms. The molecule has 2 atom stereocenters. The van der Waals surface area contributed by atoms with E-state index in [9.17, 15) is 4.79 Å². The molecule has 1 amide bonds. The molecule has 2 N–H and O–H groups in total. The second-order valence-corrected chi connectivity index (χ2v) is 7.54. The summed E-state index contributed by atoms with van der Waals surface area (Å²) in [5.41, 5.74) is 3.12. The third kappa shape index (κ3) is 4.67. The van der Waals surface area contributed by atoms with Gasteiger partial charge in [0.25, 0.3) is 0 Å². The number of H-pyrrole nitrogens is 1. The Morgan fingerprint density at radius 3 is 2.62 bits per heavy atom. The van der Waals surface area contributed by atoms with Gasteiger partial charge in [0.2, 0.25) is 5.91 Å². The lowest BCUT2D eigenvalue weighted by atomic mass is 9.97.